The van der Waals surface area contributed by atoms with E-state index in [-0.39, 0.29) is 10.6 Å². The number of ether oxygens (including phenoxy) is 1. The molecule has 1 aromatic rings. The number of nitrogens with zero attached hydrogens (tertiary/aromatic N) is 1. The second kappa shape index (κ2) is 5.56. The lowest BCUT2D eigenvalue weighted by atomic mass is 10.2. The summed E-state index contributed by atoms with van der Waals surface area (Å²) >= 11 is 0. The number of sulfonamides is 1. The first-order valence-corrected chi connectivity index (χ1v) is 9.44. The Kier molecular flexibility index (Phi) is 4.29. The second-order valence-corrected chi connectivity index (χ2v) is 9.06. The van der Waals surface area contributed by atoms with Gasteiger partial charge in [0.25, 0.3) is 0 Å². The minimum atomic E-state index is -3.88. The van der Waals surface area contributed by atoms with E-state index in [0.717, 1.165) is 4.31 Å². The second-order valence-electron chi connectivity index (χ2n) is 4.91. The van der Waals surface area contributed by atoms with Crippen molar-refractivity contribution in [2.75, 3.05) is 25.7 Å². The standard InChI is InChI=1S/C12H17NO6S2/c1-13(11-7-20(15,16)8-12(11)14)21(17,18)10-5-3-9(19-2)4-6-10/h3-6,11-12,14H,7-8H2,1-2H3/t11-,12-/m0/s1. The SMILES string of the molecule is COc1ccc(S(=O)(=O)N(C)[C@H]2CS(=O)(=O)C[C@@H]2O)cc1. The van der Waals surface area contributed by atoms with Gasteiger partial charge in [-0.05, 0) is 24.3 Å². The number of methoxy groups -OCH3 is 1. The van der Waals surface area contributed by atoms with Crippen LogP contribution >= 0.6 is 0 Å². The number of likely N-dealkylation sites (N-methyl/N-ethyl adjacent to an activating group) is 1. The summed E-state index contributed by atoms with van der Waals surface area (Å²) in [6, 6.07) is 4.79. The van der Waals surface area contributed by atoms with Gasteiger partial charge in [-0.1, -0.05) is 0 Å². The maximum absolute atomic E-state index is 12.5. The van der Waals surface area contributed by atoms with Gasteiger partial charge in [0.15, 0.2) is 9.84 Å². The average molecular weight is 335 g/mol. The van der Waals surface area contributed by atoms with Gasteiger partial charge >= 0.3 is 0 Å². The van der Waals surface area contributed by atoms with Crippen molar-refractivity contribution in [3.8, 4) is 5.75 Å². The zero-order chi connectivity index (χ0) is 15.8. The minimum absolute atomic E-state index is 0.0160. The molecule has 1 heterocycles. The van der Waals surface area contributed by atoms with Crippen LogP contribution in [0.15, 0.2) is 29.2 Å². The Hall–Kier alpha value is -1.16. The number of rotatable bonds is 4. The zero-order valence-corrected chi connectivity index (χ0v) is 13.3. The Bertz CT molecular complexity index is 711. The van der Waals surface area contributed by atoms with Crippen molar-refractivity contribution < 1.29 is 26.7 Å². The summed E-state index contributed by atoms with van der Waals surface area (Å²) in [5, 5.41) is 9.78. The van der Waals surface area contributed by atoms with E-state index in [0.29, 0.717) is 5.75 Å². The number of sulfone groups is 1. The van der Waals surface area contributed by atoms with E-state index in [9.17, 15) is 21.9 Å². The molecular weight excluding hydrogens is 318 g/mol. The molecule has 7 nitrogen and oxygen atoms in total. The number of benzene rings is 1. The number of hydrogen-bond acceptors (Lipinski definition) is 6. The molecule has 1 N–H and O–H groups in total. The number of hydrogen-bond donors (Lipinski definition) is 1. The highest BCUT2D eigenvalue weighted by atomic mass is 32.2. The van der Waals surface area contributed by atoms with Crippen molar-refractivity contribution in [3.63, 3.8) is 0 Å². The molecule has 9 heteroatoms. The lowest BCUT2D eigenvalue weighted by Crippen LogP contribution is -2.44. The fourth-order valence-electron chi connectivity index (χ4n) is 2.25. The third kappa shape index (κ3) is 3.20. The molecule has 2 atom stereocenters. The largest absolute Gasteiger partial charge is 0.497 e. The highest BCUT2D eigenvalue weighted by Gasteiger charge is 2.42. The Morgan fingerprint density at radius 3 is 2.24 bits per heavy atom. The molecule has 2 rings (SSSR count). The fraction of sp³-hybridized carbons (Fsp3) is 0.500. The van der Waals surface area contributed by atoms with Crippen LogP contribution in [0.2, 0.25) is 0 Å². The number of aliphatic hydroxyl groups excluding tert-OH is 1. The van der Waals surface area contributed by atoms with Gasteiger partial charge in [0.05, 0.1) is 35.7 Å². The van der Waals surface area contributed by atoms with Crippen LogP contribution in [0.1, 0.15) is 0 Å². The van der Waals surface area contributed by atoms with Gasteiger partial charge in [0.2, 0.25) is 10.0 Å². The lowest BCUT2D eigenvalue weighted by molar-refractivity contribution is 0.137. The smallest absolute Gasteiger partial charge is 0.243 e. The van der Waals surface area contributed by atoms with Crippen LogP contribution in [0.3, 0.4) is 0 Å². The van der Waals surface area contributed by atoms with Crippen LogP contribution < -0.4 is 4.74 Å². The Balaban J connectivity index is 2.30. The fourth-order valence-corrected chi connectivity index (χ4v) is 5.57. The van der Waals surface area contributed by atoms with Crippen LogP contribution in [0.4, 0.5) is 0 Å². The van der Waals surface area contributed by atoms with Crippen molar-refractivity contribution in [3.05, 3.63) is 24.3 Å². The van der Waals surface area contributed by atoms with Crippen molar-refractivity contribution in [1.29, 1.82) is 0 Å². The van der Waals surface area contributed by atoms with E-state index in [4.69, 9.17) is 4.74 Å². The van der Waals surface area contributed by atoms with Crippen LogP contribution in [0.5, 0.6) is 5.75 Å². The normalized spacial score (nSPS) is 25.1. The summed E-state index contributed by atoms with van der Waals surface area (Å²) in [4.78, 5) is 0.0160. The van der Waals surface area contributed by atoms with E-state index in [1.54, 1.807) is 0 Å². The molecule has 0 amide bonds. The summed E-state index contributed by atoms with van der Waals surface area (Å²) in [6.45, 7) is 0. The molecule has 21 heavy (non-hydrogen) atoms. The first kappa shape index (κ1) is 16.2. The van der Waals surface area contributed by atoms with E-state index in [1.165, 1.54) is 38.4 Å². The molecular formula is C12H17NO6S2. The van der Waals surface area contributed by atoms with E-state index in [2.05, 4.69) is 0 Å². The van der Waals surface area contributed by atoms with Gasteiger partial charge in [0.1, 0.15) is 5.75 Å². The van der Waals surface area contributed by atoms with Gasteiger partial charge in [-0.3, -0.25) is 0 Å². The highest BCUT2D eigenvalue weighted by molar-refractivity contribution is 7.92. The summed E-state index contributed by atoms with van der Waals surface area (Å²) in [7, 11) is -4.56. The summed E-state index contributed by atoms with van der Waals surface area (Å²) in [5.41, 5.74) is 0. The van der Waals surface area contributed by atoms with Crippen LogP contribution in [-0.2, 0) is 19.9 Å². The van der Waals surface area contributed by atoms with Crippen molar-refractivity contribution in [2.45, 2.75) is 17.0 Å². The van der Waals surface area contributed by atoms with E-state index < -0.39 is 37.8 Å². The summed E-state index contributed by atoms with van der Waals surface area (Å²) in [6.07, 6.45) is -1.21. The number of aliphatic hydroxyl groups is 1. The van der Waals surface area contributed by atoms with Gasteiger partial charge in [-0.25, -0.2) is 16.8 Å². The van der Waals surface area contributed by atoms with Gasteiger partial charge in [-0.2, -0.15) is 4.31 Å². The topological polar surface area (TPSA) is 101 Å². The molecule has 1 aromatic carbocycles. The first-order valence-electron chi connectivity index (χ1n) is 6.18. The van der Waals surface area contributed by atoms with Gasteiger partial charge in [0, 0.05) is 7.05 Å². The average Bonchev–Trinajstić information content (AvgIpc) is 2.71. The molecule has 0 aliphatic carbocycles. The highest BCUT2D eigenvalue weighted by Crippen LogP contribution is 2.25. The van der Waals surface area contributed by atoms with Crippen LogP contribution in [-0.4, -0.2) is 64.1 Å². The Morgan fingerprint density at radius 2 is 1.81 bits per heavy atom. The predicted octanol–water partition coefficient (Wildman–Crippen LogP) is -0.526. The molecule has 1 saturated heterocycles. The van der Waals surface area contributed by atoms with Gasteiger partial charge < -0.3 is 9.84 Å². The molecule has 1 aliphatic rings. The monoisotopic (exact) mass is 335 g/mol. The van der Waals surface area contributed by atoms with Crippen molar-refractivity contribution in [1.82, 2.24) is 4.31 Å². The molecule has 0 aromatic heterocycles. The molecule has 0 saturated carbocycles. The molecule has 0 spiro atoms. The van der Waals surface area contributed by atoms with Crippen molar-refractivity contribution >= 4 is 19.9 Å². The molecule has 1 fully saturated rings. The van der Waals surface area contributed by atoms with Crippen LogP contribution in [0, 0.1) is 0 Å². The zero-order valence-electron chi connectivity index (χ0n) is 11.6. The van der Waals surface area contributed by atoms with E-state index >= 15 is 0 Å². The van der Waals surface area contributed by atoms with E-state index in [1.807, 2.05) is 0 Å². The Morgan fingerprint density at radius 1 is 1.24 bits per heavy atom. The molecule has 0 radical (unpaired) electrons. The quantitative estimate of drug-likeness (QED) is 0.794. The van der Waals surface area contributed by atoms with Crippen molar-refractivity contribution in [2.24, 2.45) is 0 Å². The molecule has 118 valence electrons. The molecule has 0 unspecified atom stereocenters. The van der Waals surface area contributed by atoms with Crippen LogP contribution in [0.25, 0.3) is 0 Å². The lowest BCUT2D eigenvalue weighted by Gasteiger charge is -2.25. The summed E-state index contributed by atoms with van der Waals surface area (Å²) in [5.74, 6) is -0.278. The predicted molar refractivity (Wildman–Crippen MR) is 76.4 cm³/mol. The molecule has 1 aliphatic heterocycles. The first-order chi connectivity index (χ1) is 9.67. The Labute approximate surface area is 124 Å². The molecule has 0 bridgehead atoms. The summed E-state index contributed by atoms with van der Waals surface area (Å²) < 4.78 is 53.8. The minimum Gasteiger partial charge on any atom is -0.497 e. The maximum atomic E-state index is 12.5. The third-order valence-electron chi connectivity index (χ3n) is 3.50. The third-order valence-corrected chi connectivity index (χ3v) is 7.09. The maximum Gasteiger partial charge on any atom is 0.243 e. The van der Waals surface area contributed by atoms with Gasteiger partial charge in [-0.15, -0.1) is 0 Å².